The molecule has 0 heterocycles. The van der Waals surface area contributed by atoms with Crippen LogP contribution in [0.2, 0.25) is 0 Å². The Labute approximate surface area is 273 Å². The standard InChI is InChI=1S/C36H68Br2O3/c1-3-5-7-9-11-13-15-17-19-21-23-25-27-29-31-33(37)35(39)41-36(40)34(38)32-30-28-26-24-22-20-18-16-14-12-10-8-6-4-2/h33-34H,3-32H2,1-2H3. The Morgan fingerprint density at radius 2 is 0.585 bits per heavy atom. The second-order valence-electron chi connectivity index (χ2n) is 12.4. The molecular formula is C36H68Br2O3. The fourth-order valence-electron chi connectivity index (χ4n) is 5.50. The number of alkyl halides is 2. The van der Waals surface area contributed by atoms with Gasteiger partial charge in [0.2, 0.25) is 0 Å². The molecule has 244 valence electrons. The van der Waals surface area contributed by atoms with E-state index in [4.69, 9.17) is 4.74 Å². The Balaban J connectivity index is 3.54. The molecule has 0 aliphatic carbocycles. The maximum atomic E-state index is 12.3. The Bertz CT molecular complexity index is 521. The van der Waals surface area contributed by atoms with Crippen molar-refractivity contribution in [2.75, 3.05) is 0 Å². The summed E-state index contributed by atoms with van der Waals surface area (Å²) in [5, 5.41) is 0. The van der Waals surface area contributed by atoms with Crippen LogP contribution in [-0.4, -0.2) is 21.6 Å². The quantitative estimate of drug-likeness (QED) is 0.0302. The molecular weight excluding hydrogens is 640 g/mol. The summed E-state index contributed by atoms with van der Waals surface area (Å²) in [6.07, 6.45) is 38.4. The van der Waals surface area contributed by atoms with Crippen LogP contribution in [-0.2, 0) is 14.3 Å². The summed E-state index contributed by atoms with van der Waals surface area (Å²) in [4.78, 5) is 23.9. The maximum Gasteiger partial charge on any atom is 0.327 e. The number of rotatable bonds is 32. The van der Waals surface area contributed by atoms with Crippen molar-refractivity contribution in [2.45, 2.75) is 216 Å². The van der Waals surface area contributed by atoms with Crippen LogP contribution >= 0.6 is 31.9 Å². The molecule has 0 saturated carbocycles. The normalized spacial score (nSPS) is 12.9. The van der Waals surface area contributed by atoms with Crippen LogP contribution in [0.4, 0.5) is 0 Å². The van der Waals surface area contributed by atoms with Crippen molar-refractivity contribution in [1.29, 1.82) is 0 Å². The van der Waals surface area contributed by atoms with Crippen LogP contribution in [0.15, 0.2) is 0 Å². The summed E-state index contributed by atoms with van der Waals surface area (Å²) in [5.41, 5.74) is 0. The molecule has 41 heavy (non-hydrogen) atoms. The molecule has 0 bridgehead atoms. The van der Waals surface area contributed by atoms with Crippen molar-refractivity contribution in [3.63, 3.8) is 0 Å². The van der Waals surface area contributed by atoms with E-state index >= 15 is 0 Å². The Kier molecular flexibility index (Phi) is 33.1. The van der Waals surface area contributed by atoms with Crippen molar-refractivity contribution in [3.8, 4) is 0 Å². The molecule has 5 heteroatoms. The van der Waals surface area contributed by atoms with Crippen LogP contribution in [0.5, 0.6) is 0 Å². The first kappa shape index (κ1) is 41.1. The third kappa shape index (κ3) is 29.9. The van der Waals surface area contributed by atoms with Crippen LogP contribution in [0, 0.1) is 0 Å². The van der Waals surface area contributed by atoms with Gasteiger partial charge in [0, 0.05) is 0 Å². The summed E-state index contributed by atoms with van der Waals surface area (Å²) < 4.78 is 5.14. The Morgan fingerprint density at radius 3 is 0.805 bits per heavy atom. The number of ether oxygens (including phenoxy) is 1. The van der Waals surface area contributed by atoms with E-state index in [1.165, 1.54) is 154 Å². The summed E-state index contributed by atoms with van der Waals surface area (Å²) in [6.45, 7) is 4.55. The van der Waals surface area contributed by atoms with Crippen LogP contribution in [0.3, 0.4) is 0 Å². The lowest BCUT2D eigenvalue weighted by Crippen LogP contribution is -2.26. The molecule has 3 nitrogen and oxygen atoms in total. The van der Waals surface area contributed by atoms with E-state index in [0.29, 0.717) is 0 Å². The number of hydrogen-bond acceptors (Lipinski definition) is 3. The van der Waals surface area contributed by atoms with Crippen LogP contribution in [0.1, 0.15) is 206 Å². The second-order valence-corrected chi connectivity index (χ2v) is 14.7. The minimum absolute atomic E-state index is 0.385. The predicted molar refractivity (Wildman–Crippen MR) is 186 cm³/mol. The number of carbonyl (C=O) groups excluding carboxylic acids is 2. The van der Waals surface area contributed by atoms with Crippen molar-refractivity contribution in [3.05, 3.63) is 0 Å². The van der Waals surface area contributed by atoms with Crippen molar-refractivity contribution in [2.24, 2.45) is 0 Å². The number of halogens is 2. The van der Waals surface area contributed by atoms with E-state index < -0.39 is 11.9 Å². The SMILES string of the molecule is CCCCCCCCCCCCCCCCC(Br)C(=O)OC(=O)C(Br)CCCCCCCCCCCCCCCC. The number of esters is 2. The Hall–Kier alpha value is 0.1000. The van der Waals surface area contributed by atoms with Gasteiger partial charge in [-0.2, -0.15) is 0 Å². The van der Waals surface area contributed by atoms with Gasteiger partial charge in [-0.15, -0.1) is 0 Å². The zero-order valence-corrected chi connectivity index (χ0v) is 30.5. The van der Waals surface area contributed by atoms with Crippen molar-refractivity contribution in [1.82, 2.24) is 0 Å². The van der Waals surface area contributed by atoms with Gasteiger partial charge in [-0.25, -0.2) is 0 Å². The van der Waals surface area contributed by atoms with E-state index in [9.17, 15) is 9.59 Å². The van der Waals surface area contributed by atoms with E-state index in [1.54, 1.807) is 0 Å². The largest absolute Gasteiger partial charge is 0.391 e. The lowest BCUT2D eigenvalue weighted by Gasteiger charge is -2.12. The first-order valence-electron chi connectivity index (χ1n) is 18.1. The zero-order valence-electron chi connectivity index (χ0n) is 27.3. The maximum absolute atomic E-state index is 12.3. The molecule has 0 fully saturated rings. The molecule has 0 rings (SSSR count). The lowest BCUT2D eigenvalue weighted by molar-refractivity contribution is -0.158. The second kappa shape index (κ2) is 33.0. The third-order valence-corrected chi connectivity index (χ3v) is 10.00. The fraction of sp³-hybridized carbons (Fsp3) is 0.944. The number of carbonyl (C=O) groups is 2. The minimum atomic E-state index is -0.435. The first-order chi connectivity index (χ1) is 20.0. The average molecular weight is 709 g/mol. The van der Waals surface area contributed by atoms with Crippen molar-refractivity contribution < 1.29 is 14.3 Å². The topological polar surface area (TPSA) is 43.4 Å². The summed E-state index contributed by atoms with van der Waals surface area (Å²) in [7, 11) is 0. The summed E-state index contributed by atoms with van der Waals surface area (Å²) in [5.74, 6) is -0.870. The third-order valence-electron chi connectivity index (χ3n) is 8.33. The highest BCUT2D eigenvalue weighted by Gasteiger charge is 2.24. The average Bonchev–Trinajstić information content (AvgIpc) is 2.97. The van der Waals surface area contributed by atoms with Crippen LogP contribution in [0.25, 0.3) is 0 Å². The van der Waals surface area contributed by atoms with Gasteiger partial charge < -0.3 is 4.74 Å². The minimum Gasteiger partial charge on any atom is -0.391 e. The highest BCUT2D eigenvalue weighted by molar-refractivity contribution is 9.10. The van der Waals surface area contributed by atoms with Gasteiger partial charge in [0.15, 0.2) is 0 Å². The lowest BCUT2D eigenvalue weighted by atomic mass is 10.0. The highest BCUT2D eigenvalue weighted by Crippen LogP contribution is 2.19. The fourth-order valence-corrected chi connectivity index (χ4v) is 6.33. The molecule has 0 amide bonds. The van der Waals surface area contributed by atoms with Gasteiger partial charge in [0.25, 0.3) is 0 Å². The number of hydrogen-bond donors (Lipinski definition) is 0. The van der Waals surface area contributed by atoms with Gasteiger partial charge in [-0.3, -0.25) is 9.59 Å². The van der Waals surface area contributed by atoms with Gasteiger partial charge in [-0.05, 0) is 12.8 Å². The Morgan fingerprint density at radius 1 is 0.390 bits per heavy atom. The smallest absolute Gasteiger partial charge is 0.327 e. The van der Waals surface area contributed by atoms with E-state index in [1.807, 2.05) is 0 Å². The van der Waals surface area contributed by atoms with Gasteiger partial charge in [0.05, 0.1) is 0 Å². The molecule has 0 aromatic heterocycles. The molecule has 0 N–H and O–H groups in total. The highest BCUT2D eigenvalue weighted by atomic mass is 79.9. The first-order valence-corrected chi connectivity index (χ1v) is 19.9. The van der Waals surface area contributed by atoms with Gasteiger partial charge in [-0.1, -0.05) is 225 Å². The summed E-state index contributed by atoms with van der Waals surface area (Å²) in [6, 6.07) is 0. The molecule has 0 aromatic carbocycles. The predicted octanol–water partition coefficient (Wildman–Crippen LogP) is 13.3. The molecule has 0 aliphatic heterocycles. The van der Waals surface area contributed by atoms with E-state index in [-0.39, 0.29) is 9.65 Å². The van der Waals surface area contributed by atoms with E-state index in [2.05, 4.69) is 45.7 Å². The molecule has 0 radical (unpaired) electrons. The molecule has 0 saturated heterocycles. The molecule has 2 unspecified atom stereocenters. The molecule has 0 aromatic rings. The molecule has 0 aliphatic rings. The van der Waals surface area contributed by atoms with Crippen LogP contribution < -0.4 is 0 Å². The zero-order chi connectivity index (χ0) is 30.2. The number of unbranched alkanes of at least 4 members (excludes halogenated alkanes) is 26. The molecule has 0 spiro atoms. The summed E-state index contributed by atoms with van der Waals surface area (Å²) >= 11 is 6.87. The van der Waals surface area contributed by atoms with E-state index in [0.717, 1.165) is 38.5 Å². The van der Waals surface area contributed by atoms with Gasteiger partial charge in [0.1, 0.15) is 9.65 Å². The van der Waals surface area contributed by atoms with Gasteiger partial charge >= 0.3 is 11.9 Å². The van der Waals surface area contributed by atoms with Crippen molar-refractivity contribution >= 4 is 43.8 Å². The monoisotopic (exact) mass is 706 g/mol. The molecule has 2 atom stereocenters.